The summed E-state index contributed by atoms with van der Waals surface area (Å²) in [4.78, 5) is 23.3. The molecule has 5 nitrogen and oxygen atoms in total. The Morgan fingerprint density at radius 3 is 2.35 bits per heavy atom. The predicted molar refractivity (Wildman–Crippen MR) is 91.3 cm³/mol. The number of amides is 2. The van der Waals surface area contributed by atoms with Gasteiger partial charge in [-0.1, -0.05) is 19.3 Å². The Morgan fingerprint density at radius 2 is 1.70 bits per heavy atom. The first-order valence-electron chi connectivity index (χ1n) is 8.65. The molecule has 124 valence electrons. The molecule has 1 saturated heterocycles. The van der Waals surface area contributed by atoms with Crippen LogP contribution in [0, 0.1) is 5.92 Å². The molecule has 3 N–H and O–H groups in total. The maximum atomic E-state index is 12.2. The Labute approximate surface area is 137 Å². The number of piperidine rings is 1. The van der Waals surface area contributed by atoms with Gasteiger partial charge in [-0.3, -0.25) is 9.59 Å². The number of nitrogens with one attached hydrogen (secondary N) is 3. The van der Waals surface area contributed by atoms with Crippen molar-refractivity contribution in [2.24, 2.45) is 5.92 Å². The van der Waals surface area contributed by atoms with Crippen molar-refractivity contribution in [3.63, 3.8) is 0 Å². The second kappa shape index (κ2) is 7.49. The van der Waals surface area contributed by atoms with Gasteiger partial charge >= 0.3 is 0 Å². The van der Waals surface area contributed by atoms with E-state index in [2.05, 4.69) is 16.0 Å². The van der Waals surface area contributed by atoms with Gasteiger partial charge in [-0.2, -0.15) is 0 Å². The molecule has 0 bridgehead atoms. The Balaban J connectivity index is 1.50. The molecule has 1 aromatic rings. The lowest BCUT2D eigenvalue weighted by Gasteiger charge is -2.24. The summed E-state index contributed by atoms with van der Waals surface area (Å²) < 4.78 is 0. The van der Waals surface area contributed by atoms with Crippen molar-refractivity contribution in [2.75, 3.05) is 17.2 Å². The normalized spacial score (nSPS) is 22.3. The van der Waals surface area contributed by atoms with Gasteiger partial charge in [-0.15, -0.1) is 0 Å². The molecule has 2 aliphatic rings. The van der Waals surface area contributed by atoms with Crippen LogP contribution in [0.25, 0.3) is 0 Å². The Bertz CT molecular complexity index is 540. The van der Waals surface area contributed by atoms with Crippen LogP contribution >= 0.6 is 0 Å². The smallest absolute Gasteiger partial charge is 0.229 e. The number of anilines is 2. The molecule has 1 aliphatic heterocycles. The van der Waals surface area contributed by atoms with Crippen LogP contribution in [-0.2, 0) is 9.59 Å². The quantitative estimate of drug-likeness (QED) is 0.800. The van der Waals surface area contributed by atoms with Crippen LogP contribution in [-0.4, -0.2) is 24.4 Å². The van der Waals surface area contributed by atoms with E-state index in [1.54, 1.807) is 0 Å². The van der Waals surface area contributed by atoms with Crippen molar-refractivity contribution in [2.45, 2.75) is 51.0 Å². The van der Waals surface area contributed by atoms with E-state index in [9.17, 15) is 9.59 Å². The molecule has 0 unspecified atom stereocenters. The standard InChI is InChI=1S/C18H25N3O2/c22-17-11-6-13(12-19-17)18(23)21-16-9-7-15(8-10-16)20-14-4-2-1-3-5-14/h7-10,13-14,20H,1-6,11-12H2,(H,19,22)(H,21,23)/t13-/m1/s1. The van der Waals surface area contributed by atoms with Gasteiger partial charge in [0.05, 0.1) is 5.92 Å². The molecule has 2 fully saturated rings. The Morgan fingerprint density at radius 1 is 1.00 bits per heavy atom. The predicted octanol–water partition coefficient (Wildman–Crippen LogP) is 2.90. The largest absolute Gasteiger partial charge is 0.382 e. The zero-order valence-electron chi connectivity index (χ0n) is 13.4. The first kappa shape index (κ1) is 15.8. The molecule has 1 saturated carbocycles. The van der Waals surface area contributed by atoms with E-state index in [4.69, 9.17) is 0 Å². The average molecular weight is 315 g/mol. The monoisotopic (exact) mass is 315 g/mol. The zero-order chi connectivity index (χ0) is 16.1. The van der Waals surface area contributed by atoms with Gasteiger partial charge in [0.1, 0.15) is 0 Å². The van der Waals surface area contributed by atoms with E-state index in [1.165, 1.54) is 32.1 Å². The van der Waals surface area contributed by atoms with Crippen LogP contribution < -0.4 is 16.0 Å². The summed E-state index contributed by atoms with van der Waals surface area (Å²) in [7, 11) is 0. The molecule has 23 heavy (non-hydrogen) atoms. The van der Waals surface area contributed by atoms with Crippen molar-refractivity contribution in [3.05, 3.63) is 24.3 Å². The minimum Gasteiger partial charge on any atom is -0.382 e. The lowest BCUT2D eigenvalue weighted by atomic mass is 9.95. The molecule has 5 heteroatoms. The van der Waals surface area contributed by atoms with Gasteiger partial charge in [-0.05, 0) is 43.5 Å². The summed E-state index contributed by atoms with van der Waals surface area (Å²) in [5, 5.41) is 9.25. The van der Waals surface area contributed by atoms with Gasteiger partial charge in [0.15, 0.2) is 0 Å². The van der Waals surface area contributed by atoms with Gasteiger partial charge < -0.3 is 16.0 Å². The topological polar surface area (TPSA) is 70.2 Å². The number of rotatable bonds is 4. The van der Waals surface area contributed by atoms with Crippen molar-refractivity contribution >= 4 is 23.2 Å². The number of carbonyl (C=O) groups is 2. The van der Waals surface area contributed by atoms with E-state index >= 15 is 0 Å². The Kier molecular flexibility index (Phi) is 5.16. The molecule has 0 aromatic heterocycles. The number of hydrogen-bond acceptors (Lipinski definition) is 3. The molecule has 2 amide bonds. The highest BCUT2D eigenvalue weighted by Crippen LogP contribution is 2.23. The van der Waals surface area contributed by atoms with E-state index in [0.717, 1.165) is 11.4 Å². The Hall–Kier alpha value is -2.04. The van der Waals surface area contributed by atoms with E-state index in [0.29, 0.717) is 25.4 Å². The second-order valence-corrected chi connectivity index (χ2v) is 6.59. The lowest BCUT2D eigenvalue weighted by molar-refractivity contribution is -0.126. The van der Waals surface area contributed by atoms with Crippen LogP contribution in [0.5, 0.6) is 0 Å². The molecule has 1 aliphatic carbocycles. The molecular weight excluding hydrogens is 290 g/mol. The molecule has 1 atom stereocenters. The summed E-state index contributed by atoms with van der Waals surface area (Å²) in [5.41, 5.74) is 1.92. The van der Waals surface area contributed by atoms with Crippen molar-refractivity contribution in [3.8, 4) is 0 Å². The van der Waals surface area contributed by atoms with Gasteiger partial charge in [-0.25, -0.2) is 0 Å². The summed E-state index contributed by atoms with van der Waals surface area (Å²) in [6.07, 6.45) is 7.51. The van der Waals surface area contributed by atoms with E-state index in [-0.39, 0.29) is 17.7 Å². The van der Waals surface area contributed by atoms with E-state index in [1.807, 2.05) is 24.3 Å². The number of benzene rings is 1. The summed E-state index contributed by atoms with van der Waals surface area (Å²) in [6.45, 7) is 0.436. The van der Waals surface area contributed by atoms with Crippen LogP contribution in [0.1, 0.15) is 44.9 Å². The molecule has 1 heterocycles. The first-order chi connectivity index (χ1) is 11.2. The maximum Gasteiger partial charge on any atom is 0.229 e. The zero-order valence-corrected chi connectivity index (χ0v) is 13.4. The van der Waals surface area contributed by atoms with E-state index < -0.39 is 0 Å². The second-order valence-electron chi connectivity index (χ2n) is 6.59. The van der Waals surface area contributed by atoms with Gasteiger partial charge in [0.2, 0.25) is 11.8 Å². The highest BCUT2D eigenvalue weighted by Gasteiger charge is 2.24. The van der Waals surface area contributed by atoms with Crippen LogP contribution in [0.2, 0.25) is 0 Å². The molecule has 3 rings (SSSR count). The third-order valence-electron chi connectivity index (χ3n) is 4.76. The highest BCUT2D eigenvalue weighted by atomic mass is 16.2. The highest BCUT2D eigenvalue weighted by molar-refractivity contribution is 5.94. The van der Waals surface area contributed by atoms with Crippen molar-refractivity contribution in [1.82, 2.24) is 5.32 Å². The van der Waals surface area contributed by atoms with Crippen LogP contribution in [0.3, 0.4) is 0 Å². The summed E-state index contributed by atoms with van der Waals surface area (Å²) in [6, 6.07) is 8.49. The van der Waals surface area contributed by atoms with Crippen molar-refractivity contribution in [1.29, 1.82) is 0 Å². The minimum absolute atomic E-state index is 0.0158. The van der Waals surface area contributed by atoms with Crippen LogP contribution in [0.15, 0.2) is 24.3 Å². The number of carbonyl (C=O) groups excluding carboxylic acids is 2. The number of hydrogen-bond donors (Lipinski definition) is 3. The third kappa shape index (κ3) is 4.47. The van der Waals surface area contributed by atoms with Crippen molar-refractivity contribution < 1.29 is 9.59 Å². The van der Waals surface area contributed by atoms with Gasteiger partial charge in [0.25, 0.3) is 0 Å². The minimum atomic E-state index is -0.132. The SMILES string of the molecule is O=C1CC[C@@H](C(=O)Nc2ccc(NC3CCCCC3)cc2)CN1. The summed E-state index contributed by atoms with van der Waals surface area (Å²) in [5.74, 6) is -0.113. The fraction of sp³-hybridized carbons (Fsp3) is 0.556. The fourth-order valence-electron chi connectivity index (χ4n) is 3.33. The molecule has 1 aromatic carbocycles. The average Bonchev–Trinajstić information content (AvgIpc) is 2.58. The molecule has 0 spiro atoms. The van der Waals surface area contributed by atoms with Crippen LogP contribution in [0.4, 0.5) is 11.4 Å². The summed E-state index contributed by atoms with van der Waals surface area (Å²) >= 11 is 0. The fourth-order valence-corrected chi connectivity index (χ4v) is 3.33. The third-order valence-corrected chi connectivity index (χ3v) is 4.76. The first-order valence-corrected chi connectivity index (χ1v) is 8.65. The molecular formula is C18H25N3O2. The van der Waals surface area contributed by atoms with Gasteiger partial charge in [0, 0.05) is 30.4 Å². The lowest BCUT2D eigenvalue weighted by Crippen LogP contribution is -2.40. The maximum absolute atomic E-state index is 12.2. The molecule has 0 radical (unpaired) electrons.